The average Bonchev–Trinajstić information content (AvgIpc) is 2.92. The highest BCUT2D eigenvalue weighted by Gasteiger charge is 2.33. The first-order valence-corrected chi connectivity index (χ1v) is 8.20. The zero-order valence-corrected chi connectivity index (χ0v) is 12.3. The van der Waals surface area contributed by atoms with E-state index in [9.17, 15) is 13.2 Å². The third-order valence-corrected chi connectivity index (χ3v) is 5.79. The molecule has 0 amide bonds. The second-order valence-corrected chi connectivity index (χ2v) is 7.33. The van der Waals surface area contributed by atoms with Gasteiger partial charge in [0, 0.05) is 31.9 Å². The molecule has 1 aliphatic rings. The van der Waals surface area contributed by atoms with E-state index >= 15 is 0 Å². The van der Waals surface area contributed by atoms with Crippen LogP contribution in [0.1, 0.15) is 26.2 Å². The molecular formula is C13H20N2O4S. The van der Waals surface area contributed by atoms with E-state index in [4.69, 9.17) is 5.11 Å². The normalized spacial score (nSPS) is 22.6. The number of carbonyl (C=O) groups is 1. The minimum atomic E-state index is -3.46. The topological polar surface area (TPSA) is 90.5 Å². The van der Waals surface area contributed by atoms with Gasteiger partial charge in [0.15, 0.2) is 0 Å². The highest BCUT2D eigenvalue weighted by molar-refractivity contribution is 7.89. The Morgan fingerprint density at radius 2 is 2.35 bits per heavy atom. The number of H-pyrrole nitrogens is 1. The van der Waals surface area contributed by atoms with Gasteiger partial charge in [-0.25, -0.2) is 8.42 Å². The standard InChI is InChI=1S/C13H20N2O4S/c1-10(7-13(16)17)11-3-2-6-15(9-11)20(18,19)12-4-5-14-8-12/h4-5,8,10-11,14H,2-3,6-7,9H2,1H3,(H,16,17). The van der Waals surface area contributed by atoms with E-state index in [1.165, 1.54) is 10.5 Å². The minimum absolute atomic E-state index is 0.0169. The van der Waals surface area contributed by atoms with Gasteiger partial charge in [0.1, 0.15) is 0 Å². The molecule has 1 fully saturated rings. The molecular weight excluding hydrogens is 280 g/mol. The van der Waals surface area contributed by atoms with Crippen molar-refractivity contribution in [2.75, 3.05) is 13.1 Å². The maximum atomic E-state index is 12.4. The zero-order chi connectivity index (χ0) is 14.8. The highest BCUT2D eigenvalue weighted by atomic mass is 32.2. The lowest BCUT2D eigenvalue weighted by atomic mass is 9.85. The van der Waals surface area contributed by atoms with Crippen molar-refractivity contribution in [3.63, 3.8) is 0 Å². The molecule has 2 N–H and O–H groups in total. The monoisotopic (exact) mass is 300 g/mol. The largest absolute Gasteiger partial charge is 0.481 e. The molecule has 20 heavy (non-hydrogen) atoms. The molecule has 6 nitrogen and oxygen atoms in total. The van der Waals surface area contributed by atoms with Crippen molar-refractivity contribution in [1.29, 1.82) is 0 Å². The Morgan fingerprint density at radius 3 is 2.95 bits per heavy atom. The Balaban J connectivity index is 2.09. The summed E-state index contributed by atoms with van der Waals surface area (Å²) in [6.45, 7) is 2.79. The lowest BCUT2D eigenvalue weighted by molar-refractivity contribution is -0.138. The van der Waals surface area contributed by atoms with Crippen LogP contribution < -0.4 is 0 Å². The number of nitrogens with zero attached hydrogens (tertiary/aromatic N) is 1. The molecule has 2 heterocycles. The summed E-state index contributed by atoms with van der Waals surface area (Å²) in [6, 6.07) is 1.54. The summed E-state index contributed by atoms with van der Waals surface area (Å²) in [4.78, 5) is 13.8. The Hall–Kier alpha value is -1.34. The molecule has 2 atom stereocenters. The van der Waals surface area contributed by atoms with Crippen molar-refractivity contribution in [2.24, 2.45) is 11.8 Å². The molecule has 0 aromatic carbocycles. The van der Waals surface area contributed by atoms with E-state index in [-0.39, 0.29) is 23.2 Å². The fourth-order valence-corrected chi connectivity index (χ4v) is 4.23. The Bertz CT molecular complexity index is 553. The maximum absolute atomic E-state index is 12.4. The zero-order valence-electron chi connectivity index (χ0n) is 11.4. The summed E-state index contributed by atoms with van der Waals surface area (Å²) in [5, 5.41) is 8.85. The van der Waals surface area contributed by atoms with Crippen LogP contribution in [0.15, 0.2) is 23.4 Å². The van der Waals surface area contributed by atoms with Crippen LogP contribution in [0.3, 0.4) is 0 Å². The van der Waals surface area contributed by atoms with Gasteiger partial charge in [0.25, 0.3) is 0 Å². The summed E-state index contributed by atoms with van der Waals surface area (Å²) in [5.74, 6) is -0.742. The second kappa shape index (κ2) is 5.97. The molecule has 1 aliphatic heterocycles. The summed E-state index contributed by atoms with van der Waals surface area (Å²) >= 11 is 0. The van der Waals surface area contributed by atoms with E-state index in [0.29, 0.717) is 13.1 Å². The van der Waals surface area contributed by atoms with Crippen molar-refractivity contribution in [2.45, 2.75) is 31.1 Å². The smallest absolute Gasteiger partial charge is 0.303 e. The van der Waals surface area contributed by atoms with E-state index in [0.717, 1.165) is 12.8 Å². The number of carboxylic acid groups (broad SMARTS) is 1. The lowest BCUT2D eigenvalue weighted by Crippen LogP contribution is -2.41. The van der Waals surface area contributed by atoms with E-state index in [1.807, 2.05) is 6.92 Å². The number of nitrogens with one attached hydrogen (secondary N) is 1. The van der Waals surface area contributed by atoms with Crippen LogP contribution in [-0.2, 0) is 14.8 Å². The SMILES string of the molecule is CC(CC(=O)O)C1CCCN(S(=O)(=O)c2cc[nH]c2)C1. The molecule has 0 saturated carbocycles. The number of carboxylic acids is 1. The van der Waals surface area contributed by atoms with Crippen LogP contribution in [0.5, 0.6) is 0 Å². The molecule has 112 valence electrons. The number of aromatic amines is 1. The number of aliphatic carboxylic acids is 1. The quantitative estimate of drug-likeness (QED) is 0.862. The van der Waals surface area contributed by atoms with Crippen molar-refractivity contribution < 1.29 is 18.3 Å². The van der Waals surface area contributed by atoms with Crippen LogP contribution in [0, 0.1) is 11.8 Å². The number of hydrogen-bond acceptors (Lipinski definition) is 3. The lowest BCUT2D eigenvalue weighted by Gasteiger charge is -2.34. The average molecular weight is 300 g/mol. The molecule has 0 bridgehead atoms. The van der Waals surface area contributed by atoms with E-state index in [1.54, 1.807) is 12.3 Å². The third-order valence-electron chi connectivity index (χ3n) is 3.93. The first-order chi connectivity index (χ1) is 9.41. The highest BCUT2D eigenvalue weighted by Crippen LogP contribution is 2.29. The first-order valence-electron chi connectivity index (χ1n) is 6.76. The Labute approximate surface area is 118 Å². The van der Waals surface area contributed by atoms with Crippen LogP contribution in [0.25, 0.3) is 0 Å². The first kappa shape index (κ1) is 15.1. The molecule has 0 radical (unpaired) electrons. The molecule has 7 heteroatoms. The Kier molecular flexibility index (Phi) is 4.49. The number of piperidine rings is 1. The van der Waals surface area contributed by atoms with Gasteiger partial charge in [0.2, 0.25) is 10.0 Å². The van der Waals surface area contributed by atoms with Crippen LogP contribution in [0.4, 0.5) is 0 Å². The van der Waals surface area contributed by atoms with Gasteiger partial charge >= 0.3 is 5.97 Å². The summed E-state index contributed by atoms with van der Waals surface area (Å²) < 4.78 is 26.3. The number of sulfonamides is 1. The summed E-state index contributed by atoms with van der Waals surface area (Å²) in [6.07, 6.45) is 4.80. The fourth-order valence-electron chi connectivity index (χ4n) is 2.72. The summed E-state index contributed by atoms with van der Waals surface area (Å²) in [5.41, 5.74) is 0. The van der Waals surface area contributed by atoms with Gasteiger partial charge in [0.05, 0.1) is 4.90 Å². The number of aromatic nitrogens is 1. The van der Waals surface area contributed by atoms with Gasteiger partial charge in [-0.3, -0.25) is 4.79 Å². The van der Waals surface area contributed by atoms with Crippen LogP contribution in [0.2, 0.25) is 0 Å². The fraction of sp³-hybridized carbons (Fsp3) is 0.615. The minimum Gasteiger partial charge on any atom is -0.481 e. The maximum Gasteiger partial charge on any atom is 0.303 e. The van der Waals surface area contributed by atoms with E-state index < -0.39 is 16.0 Å². The molecule has 2 rings (SSSR count). The van der Waals surface area contributed by atoms with Gasteiger partial charge in [-0.05, 0) is 30.7 Å². The van der Waals surface area contributed by atoms with Gasteiger partial charge in [-0.1, -0.05) is 6.92 Å². The molecule has 1 aromatic rings. The molecule has 0 spiro atoms. The predicted octanol–water partition coefficient (Wildman–Crippen LogP) is 1.53. The van der Waals surface area contributed by atoms with Crippen molar-refractivity contribution in [3.8, 4) is 0 Å². The molecule has 0 aliphatic carbocycles. The van der Waals surface area contributed by atoms with Crippen LogP contribution >= 0.6 is 0 Å². The number of rotatable bonds is 5. The van der Waals surface area contributed by atoms with Gasteiger partial charge < -0.3 is 10.1 Å². The van der Waals surface area contributed by atoms with Crippen molar-refractivity contribution in [3.05, 3.63) is 18.5 Å². The van der Waals surface area contributed by atoms with Gasteiger partial charge in [-0.2, -0.15) is 4.31 Å². The van der Waals surface area contributed by atoms with Crippen molar-refractivity contribution >= 4 is 16.0 Å². The van der Waals surface area contributed by atoms with Crippen LogP contribution in [-0.4, -0.2) is 41.9 Å². The van der Waals surface area contributed by atoms with E-state index in [2.05, 4.69) is 4.98 Å². The molecule has 2 unspecified atom stereocenters. The third kappa shape index (κ3) is 3.21. The number of hydrogen-bond donors (Lipinski definition) is 2. The molecule has 1 aromatic heterocycles. The Morgan fingerprint density at radius 1 is 1.60 bits per heavy atom. The van der Waals surface area contributed by atoms with Gasteiger partial charge in [-0.15, -0.1) is 0 Å². The van der Waals surface area contributed by atoms with Crippen molar-refractivity contribution in [1.82, 2.24) is 9.29 Å². The summed E-state index contributed by atoms with van der Waals surface area (Å²) in [7, 11) is -3.46. The molecule has 1 saturated heterocycles. The second-order valence-electron chi connectivity index (χ2n) is 5.39. The predicted molar refractivity (Wildman–Crippen MR) is 73.7 cm³/mol.